The van der Waals surface area contributed by atoms with Crippen molar-refractivity contribution >= 4 is 23.2 Å². The van der Waals surface area contributed by atoms with E-state index in [1.807, 2.05) is 0 Å². The number of halogens is 2. The van der Waals surface area contributed by atoms with Gasteiger partial charge in [-0.3, -0.25) is 0 Å². The molecule has 7 heteroatoms. The van der Waals surface area contributed by atoms with Crippen LogP contribution in [0.1, 0.15) is 36.0 Å². The quantitative estimate of drug-likeness (QED) is 0.916. The molecule has 1 aliphatic carbocycles. The van der Waals surface area contributed by atoms with Gasteiger partial charge in [-0.1, -0.05) is 28.4 Å². The number of hydrogen-bond donors (Lipinski definition) is 1. The SMILES string of the molecule is NCc1cc(Cl)cc(Cl)c1OCc1nc(C2CC2)no1. The zero-order valence-electron chi connectivity index (χ0n) is 10.6. The predicted molar refractivity (Wildman–Crippen MR) is 75.0 cm³/mol. The molecule has 0 spiro atoms. The number of benzene rings is 1. The molecule has 5 nitrogen and oxygen atoms in total. The van der Waals surface area contributed by atoms with Crippen LogP contribution in [0.15, 0.2) is 16.7 Å². The maximum absolute atomic E-state index is 6.11. The van der Waals surface area contributed by atoms with Gasteiger partial charge in [0.25, 0.3) is 5.89 Å². The highest BCUT2D eigenvalue weighted by Crippen LogP contribution is 2.38. The summed E-state index contributed by atoms with van der Waals surface area (Å²) in [7, 11) is 0. The summed E-state index contributed by atoms with van der Waals surface area (Å²) in [6.45, 7) is 0.445. The van der Waals surface area contributed by atoms with Crippen molar-refractivity contribution in [3.63, 3.8) is 0 Å². The third-order valence-corrected chi connectivity index (χ3v) is 3.57. The average molecular weight is 314 g/mol. The maximum Gasteiger partial charge on any atom is 0.264 e. The van der Waals surface area contributed by atoms with Gasteiger partial charge in [-0.05, 0) is 25.0 Å². The zero-order chi connectivity index (χ0) is 14.1. The van der Waals surface area contributed by atoms with E-state index in [0.717, 1.165) is 24.2 Å². The summed E-state index contributed by atoms with van der Waals surface area (Å²) in [5.41, 5.74) is 6.40. The third kappa shape index (κ3) is 2.90. The topological polar surface area (TPSA) is 74.2 Å². The molecule has 20 heavy (non-hydrogen) atoms. The molecule has 0 amide bonds. The summed E-state index contributed by atoms with van der Waals surface area (Å²) in [6, 6.07) is 3.34. The van der Waals surface area contributed by atoms with E-state index >= 15 is 0 Å². The van der Waals surface area contributed by atoms with Crippen molar-refractivity contribution in [2.45, 2.75) is 31.9 Å². The van der Waals surface area contributed by atoms with Gasteiger partial charge in [0.15, 0.2) is 12.4 Å². The molecule has 0 saturated heterocycles. The number of nitrogens with two attached hydrogens (primary N) is 1. The van der Waals surface area contributed by atoms with Crippen molar-refractivity contribution in [3.8, 4) is 5.75 Å². The van der Waals surface area contributed by atoms with Gasteiger partial charge in [0.05, 0.1) is 5.02 Å². The molecule has 0 bridgehead atoms. The molecule has 2 aromatic rings. The van der Waals surface area contributed by atoms with Gasteiger partial charge < -0.3 is 15.0 Å². The Labute approximate surface area is 126 Å². The van der Waals surface area contributed by atoms with E-state index in [4.69, 9.17) is 38.2 Å². The van der Waals surface area contributed by atoms with Crippen LogP contribution in [-0.2, 0) is 13.2 Å². The van der Waals surface area contributed by atoms with Crippen LogP contribution in [0.4, 0.5) is 0 Å². The number of hydrogen-bond acceptors (Lipinski definition) is 5. The Bertz CT molecular complexity index is 626. The van der Waals surface area contributed by atoms with Gasteiger partial charge >= 0.3 is 0 Å². The molecule has 0 aliphatic heterocycles. The molecule has 0 unspecified atom stereocenters. The Morgan fingerprint density at radius 1 is 1.35 bits per heavy atom. The molecule has 2 N–H and O–H groups in total. The van der Waals surface area contributed by atoms with Crippen molar-refractivity contribution < 1.29 is 9.26 Å². The molecule has 1 heterocycles. The lowest BCUT2D eigenvalue weighted by molar-refractivity contribution is 0.241. The Morgan fingerprint density at radius 3 is 2.85 bits per heavy atom. The minimum Gasteiger partial charge on any atom is -0.482 e. The molecule has 1 fully saturated rings. The number of nitrogens with zero attached hydrogens (tertiary/aromatic N) is 2. The van der Waals surface area contributed by atoms with E-state index in [1.165, 1.54) is 0 Å². The molecule has 0 atom stereocenters. The van der Waals surface area contributed by atoms with E-state index in [9.17, 15) is 0 Å². The van der Waals surface area contributed by atoms with Gasteiger partial charge in [0.1, 0.15) is 5.75 Å². The third-order valence-electron chi connectivity index (χ3n) is 3.07. The highest BCUT2D eigenvalue weighted by atomic mass is 35.5. The van der Waals surface area contributed by atoms with Crippen molar-refractivity contribution in [1.29, 1.82) is 0 Å². The van der Waals surface area contributed by atoms with Crippen molar-refractivity contribution in [3.05, 3.63) is 39.5 Å². The lowest BCUT2D eigenvalue weighted by atomic mass is 10.2. The smallest absolute Gasteiger partial charge is 0.264 e. The van der Waals surface area contributed by atoms with Crippen LogP contribution in [0.3, 0.4) is 0 Å². The normalized spacial score (nSPS) is 14.6. The molecular formula is C13H13Cl2N3O2. The minimum absolute atomic E-state index is 0.161. The van der Waals surface area contributed by atoms with Gasteiger partial charge in [0.2, 0.25) is 0 Å². The highest BCUT2D eigenvalue weighted by molar-refractivity contribution is 6.35. The monoisotopic (exact) mass is 313 g/mol. The summed E-state index contributed by atoms with van der Waals surface area (Å²) >= 11 is 12.0. The van der Waals surface area contributed by atoms with Gasteiger partial charge in [-0.25, -0.2) is 0 Å². The standard InChI is InChI=1S/C13H13Cl2N3O2/c14-9-3-8(5-16)12(10(15)4-9)19-6-11-17-13(18-20-11)7-1-2-7/h3-4,7H,1-2,5-6,16H2. The summed E-state index contributed by atoms with van der Waals surface area (Å²) in [4.78, 5) is 4.29. The molecule has 3 rings (SSSR count). The van der Waals surface area contributed by atoms with Crippen LogP contribution in [0.5, 0.6) is 5.75 Å². The van der Waals surface area contributed by atoms with E-state index in [1.54, 1.807) is 12.1 Å². The number of aromatic nitrogens is 2. The van der Waals surface area contributed by atoms with Crippen LogP contribution in [0, 0.1) is 0 Å². The first-order valence-corrected chi connectivity index (χ1v) is 7.06. The van der Waals surface area contributed by atoms with Crippen molar-refractivity contribution in [2.75, 3.05) is 0 Å². The van der Waals surface area contributed by atoms with Gasteiger partial charge in [-0.2, -0.15) is 4.98 Å². The van der Waals surface area contributed by atoms with Crippen LogP contribution in [0.2, 0.25) is 10.0 Å². The van der Waals surface area contributed by atoms with Crippen LogP contribution >= 0.6 is 23.2 Å². The predicted octanol–water partition coefficient (Wildman–Crippen LogP) is 3.29. The first-order valence-electron chi connectivity index (χ1n) is 6.30. The summed E-state index contributed by atoms with van der Waals surface area (Å²) in [6.07, 6.45) is 2.25. The Morgan fingerprint density at radius 2 is 2.15 bits per heavy atom. The fraction of sp³-hybridized carbons (Fsp3) is 0.385. The average Bonchev–Trinajstić information content (AvgIpc) is 3.16. The Hall–Kier alpha value is -1.30. The number of ether oxygens (including phenoxy) is 1. The lowest BCUT2D eigenvalue weighted by Crippen LogP contribution is -2.04. The van der Waals surface area contributed by atoms with E-state index in [2.05, 4.69) is 10.1 Å². The zero-order valence-corrected chi connectivity index (χ0v) is 12.1. The van der Waals surface area contributed by atoms with Gasteiger partial charge in [-0.15, -0.1) is 0 Å². The second-order valence-electron chi connectivity index (χ2n) is 4.69. The molecule has 1 saturated carbocycles. The first kappa shape index (κ1) is 13.7. The lowest BCUT2D eigenvalue weighted by Gasteiger charge is -2.11. The largest absolute Gasteiger partial charge is 0.482 e. The molecule has 106 valence electrons. The molecule has 1 aromatic carbocycles. The Balaban J connectivity index is 1.73. The summed E-state index contributed by atoms with van der Waals surface area (Å²) in [5, 5.41) is 4.87. The summed E-state index contributed by atoms with van der Waals surface area (Å²) in [5.74, 6) is 2.14. The van der Waals surface area contributed by atoms with E-state index in [0.29, 0.717) is 27.6 Å². The maximum atomic E-state index is 6.11. The fourth-order valence-electron chi connectivity index (χ4n) is 1.89. The highest BCUT2D eigenvalue weighted by Gasteiger charge is 2.28. The van der Waals surface area contributed by atoms with E-state index < -0.39 is 0 Å². The van der Waals surface area contributed by atoms with Crippen LogP contribution < -0.4 is 10.5 Å². The summed E-state index contributed by atoms with van der Waals surface area (Å²) < 4.78 is 10.8. The van der Waals surface area contributed by atoms with Crippen molar-refractivity contribution in [2.24, 2.45) is 5.73 Å². The second-order valence-corrected chi connectivity index (χ2v) is 5.53. The van der Waals surface area contributed by atoms with Crippen LogP contribution in [0.25, 0.3) is 0 Å². The van der Waals surface area contributed by atoms with Gasteiger partial charge in [0, 0.05) is 23.0 Å². The first-order chi connectivity index (χ1) is 9.67. The Kier molecular flexibility index (Phi) is 3.83. The van der Waals surface area contributed by atoms with Crippen molar-refractivity contribution in [1.82, 2.24) is 10.1 Å². The fourth-order valence-corrected chi connectivity index (χ4v) is 2.48. The van der Waals surface area contributed by atoms with Crippen LogP contribution in [-0.4, -0.2) is 10.1 Å². The molecule has 1 aromatic heterocycles. The second kappa shape index (κ2) is 5.60. The molecule has 1 aliphatic rings. The molecular weight excluding hydrogens is 301 g/mol. The molecule has 0 radical (unpaired) electrons. The number of rotatable bonds is 5. The van der Waals surface area contributed by atoms with E-state index in [-0.39, 0.29) is 13.2 Å². The minimum atomic E-state index is 0.161.